The highest BCUT2D eigenvalue weighted by Gasteiger charge is 2.18. The molecule has 1 aromatic rings. The Hall–Kier alpha value is -0.790. The van der Waals surface area contributed by atoms with E-state index in [1.54, 1.807) is 22.6 Å². The van der Waals surface area contributed by atoms with Gasteiger partial charge in [0.25, 0.3) is 6.43 Å². The summed E-state index contributed by atoms with van der Waals surface area (Å²) in [6, 6.07) is 1.25. The number of ether oxygens (including phenoxy) is 1. The number of carbonyl (C=O) groups is 1. The van der Waals surface area contributed by atoms with Crippen molar-refractivity contribution in [2.45, 2.75) is 6.43 Å². The minimum absolute atomic E-state index is 0.0671. The van der Waals surface area contributed by atoms with Gasteiger partial charge in [0.2, 0.25) is 0 Å². The number of aldehydes is 1. The lowest BCUT2D eigenvalue weighted by atomic mass is 10.2. The topological polar surface area (TPSA) is 39.2 Å². The summed E-state index contributed by atoms with van der Waals surface area (Å²) in [7, 11) is 1.25. The van der Waals surface area contributed by atoms with Crippen LogP contribution in [-0.4, -0.2) is 18.4 Å². The van der Waals surface area contributed by atoms with E-state index in [4.69, 9.17) is 4.74 Å². The predicted molar refractivity (Wildman–Crippen MR) is 53.9 cm³/mol. The second kappa shape index (κ2) is 4.63. The van der Waals surface area contributed by atoms with Gasteiger partial charge in [-0.3, -0.25) is 4.79 Å². The number of alkyl halides is 2. The quantitative estimate of drug-likeness (QED) is 0.489. The van der Waals surface area contributed by atoms with Gasteiger partial charge in [0.1, 0.15) is 15.1 Å². The number of aromatic nitrogens is 1. The fourth-order valence-electron chi connectivity index (χ4n) is 0.903. The van der Waals surface area contributed by atoms with Crippen molar-refractivity contribution < 1.29 is 18.3 Å². The first kappa shape index (κ1) is 11.3. The van der Waals surface area contributed by atoms with Crippen molar-refractivity contribution in [2.24, 2.45) is 0 Å². The Labute approximate surface area is 92.6 Å². The van der Waals surface area contributed by atoms with Crippen LogP contribution in [0.3, 0.4) is 0 Å². The number of hydrogen-bond acceptors (Lipinski definition) is 3. The zero-order valence-corrected chi connectivity index (χ0v) is 9.29. The van der Waals surface area contributed by atoms with Crippen molar-refractivity contribution >= 4 is 28.9 Å². The molecule has 0 unspecified atom stereocenters. The number of hydrogen-bond donors (Lipinski definition) is 0. The van der Waals surface area contributed by atoms with Crippen LogP contribution in [0, 0.1) is 3.70 Å². The van der Waals surface area contributed by atoms with Gasteiger partial charge in [0, 0.05) is 5.56 Å². The molecule has 6 heteroatoms. The molecule has 0 saturated carbocycles. The largest absolute Gasteiger partial charge is 0.495 e. The molecular formula is C8H6F2INO2. The molecule has 0 radical (unpaired) electrons. The molecule has 0 aliphatic heterocycles. The van der Waals surface area contributed by atoms with Crippen LogP contribution in [0.25, 0.3) is 0 Å². The van der Waals surface area contributed by atoms with E-state index in [0.717, 1.165) is 0 Å². The molecule has 1 rings (SSSR count). The maximum absolute atomic E-state index is 12.4. The van der Waals surface area contributed by atoms with Gasteiger partial charge in [-0.15, -0.1) is 0 Å². The van der Waals surface area contributed by atoms with Gasteiger partial charge < -0.3 is 4.74 Å². The van der Waals surface area contributed by atoms with E-state index in [2.05, 4.69) is 4.98 Å². The van der Waals surface area contributed by atoms with Gasteiger partial charge in [0.15, 0.2) is 6.29 Å². The Balaban J connectivity index is 3.31. The summed E-state index contributed by atoms with van der Waals surface area (Å²) in [5.74, 6) is -0.0671. The maximum atomic E-state index is 12.4. The molecule has 14 heavy (non-hydrogen) atoms. The predicted octanol–water partition coefficient (Wildman–Crippen LogP) is 2.44. The van der Waals surface area contributed by atoms with E-state index in [1.165, 1.54) is 13.2 Å². The maximum Gasteiger partial charge on any atom is 0.284 e. The first-order valence-electron chi connectivity index (χ1n) is 3.58. The number of nitrogens with zero attached hydrogens (tertiary/aromatic N) is 1. The van der Waals surface area contributed by atoms with Crippen LogP contribution in [0.15, 0.2) is 6.07 Å². The molecule has 0 bridgehead atoms. The first-order chi connectivity index (χ1) is 6.60. The summed E-state index contributed by atoms with van der Waals surface area (Å²) in [4.78, 5) is 14.1. The molecule has 76 valence electrons. The van der Waals surface area contributed by atoms with Crippen molar-refractivity contribution in [1.82, 2.24) is 4.98 Å². The van der Waals surface area contributed by atoms with E-state index in [-0.39, 0.29) is 15.0 Å². The van der Waals surface area contributed by atoms with Crippen LogP contribution in [0.1, 0.15) is 22.5 Å². The standard InChI is InChI=1S/C8H6F2INO2/c1-14-5-2-4(3-13)8(11)12-6(5)7(9)10/h2-3,7H,1H3. The SMILES string of the molecule is COc1cc(C=O)c(I)nc1C(F)F. The molecule has 0 aliphatic rings. The molecule has 0 N–H and O–H groups in total. The van der Waals surface area contributed by atoms with Crippen molar-refractivity contribution in [1.29, 1.82) is 0 Å². The van der Waals surface area contributed by atoms with Crippen LogP contribution in [0.2, 0.25) is 0 Å². The zero-order chi connectivity index (χ0) is 10.7. The minimum Gasteiger partial charge on any atom is -0.495 e. The molecule has 0 atom stereocenters. The van der Waals surface area contributed by atoms with E-state index >= 15 is 0 Å². The molecule has 3 nitrogen and oxygen atoms in total. The third-order valence-corrected chi connectivity index (χ3v) is 2.41. The molecule has 1 aromatic heterocycles. The third kappa shape index (κ3) is 2.17. The summed E-state index contributed by atoms with van der Waals surface area (Å²) in [6.07, 6.45) is -2.16. The van der Waals surface area contributed by atoms with Gasteiger partial charge in [0.05, 0.1) is 7.11 Å². The lowest BCUT2D eigenvalue weighted by Gasteiger charge is -2.08. The average molecular weight is 313 g/mol. The van der Waals surface area contributed by atoms with Gasteiger partial charge in [-0.05, 0) is 28.7 Å². The molecule has 0 spiro atoms. The Morgan fingerprint density at radius 1 is 1.64 bits per heavy atom. The summed E-state index contributed by atoms with van der Waals surface area (Å²) in [5, 5.41) is 0. The second-order valence-electron chi connectivity index (χ2n) is 2.37. The zero-order valence-electron chi connectivity index (χ0n) is 7.13. The number of halogens is 3. The number of pyridine rings is 1. The molecule has 0 saturated heterocycles. The Kier molecular flexibility index (Phi) is 3.73. The number of methoxy groups -OCH3 is 1. The van der Waals surface area contributed by atoms with Crippen molar-refractivity contribution in [3.8, 4) is 5.75 Å². The summed E-state index contributed by atoms with van der Waals surface area (Å²) in [5.41, 5.74) is -0.200. The Bertz CT molecular complexity index is 357. The fraction of sp³-hybridized carbons (Fsp3) is 0.250. The van der Waals surface area contributed by atoms with E-state index in [0.29, 0.717) is 6.29 Å². The summed E-state index contributed by atoms with van der Waals surface area (Å²) in [6.45, 7) is 0. The van der Waals surface area contributed by atoms with Crippen LogP contribution >= 0.6 is 22.6 Å². The molecule has 0 amide bonds. The van der Waals surface area contributed by atoms with Crippen LogP contribution in [0.5, 0.6) is 5.75 Å². The second-order valence-corrected chi connectivity index (χ2v) is 3.40. The summed E-state index contributed by atoms with van der Waals surface area (Å²) < 4.78 is 29.7. The highest BCUT2D eigenvalue weighted by Crippen LogP contribution is 2.28. The van der Waals surface area contributed by atoms with E-state index < -0.39 is 12.1 Å². The van der Waals surface area contributed by atoms with Crippen molar-refractivity contribution in [2.75, 3.05) is 7.11 Å². The van der Waals surface area contributed by atoms with Crippen LogP contribution < -0.4 is 4.74 Å². The molecule has 0 fully saturated rings. The highest BCUT2D eigenvalue weighted by molar-refractivity contribution is 14.1. The smallest absolute Gasteiger partial charge is 0.284 e. The normalized spacial score (nSPS) is 10.4. The third-order valence-electron chi connectivity index (χ3n) is 1.55. The van der Waals surface area contributed by atoms with Crippen LogP contribution in [0.4, 0.5) is 8.78 Å². The van der Waals surface area contributed by atoms with E-state index in [1.807, 2.05) is 0 Å². The minimum atomic E-state index is -2.71. The van der Waals surface area contributed by atoms with E-state index in [9.17, 15) is 13.6 Å². The first-order valence-corrected chi connectivity index (χ1v) is 4.65. The highest BCUT2D eigenvalue weighted by atomic mass is 127. The number of rotatable bonds is 3. The lowest BCUT2D eigenvalue weighted by molar-refractivity contribution is 0.111. The average Bonchev–Trinajstić information content (AvgIpc) is 2.17. The summed E-state index contributed by atoms with van der Waals surface area (Å²) >= 11 is 1.72. The number of carbonyl (C=O) groups excluding carboxylic acids is 1. The fourth-order valence-corrected chi connectivity index (χ4v) is 1.45. The Morgan fingerprint density at radius 2 is 2.29 bits per heavy atom. The van der Waals surface area contributed by atoms with Crippen molar-refractivity contribution in [3.05, 3.63) is 21.0 Å². The molecule has 1 heterocycles. The lowest BCUT2D eigenvalue weighted by Crippen LogP contribution is -2.01. The van der Waals surface area contributed by atoms with Gasteiger partial charge in [-0.25, -0.2) is 13.8 Å². The van der Waals surface area contributed by atoms with Gasteiger partial charge >= 0.3 is 0 Å². The van der Waals surface area contributed by atoms with Gasteiger partial charge in [-0.2, -0.15) is 0 Å². The molecular weight excluding hydrogens is 307 g/mol. The molecule has 0 aromatic carbocycles. The molecule has 0 aliphatic carbocycles. The monoisotopic (exact) mass is 313 g/mol. The van der Waals surface area contributed by atoms with Crippen molar-refractivity contribution in [3.63, 3.8) is 0 Å². The van der Waals surface area contributed by atoms with Crippen LogP contribution in [-0.2, 0) is 0 Å². The Morgan fingerprint density at radius 3 is 2.71 bits per heavy atom. The van der Waals surface area contributed by atoms with Gasteiger partial charge in [-0.1, -0.05) is 0 Å².